The highest BCUT2D eigenvalue weighted by Gasteiger charge is 2.34. The standard InChI is InChI=1S/C17H19NOS/c1-11-6-13(10-18)7-12(2)17(11)14-8-15-4-3-5-16(9-14)20(15)19/h6-8,15-16H,3-5,9H2,1-2H3. The molecule has 1 aromatic carbocycles. The van der Waals surface area contributed by atoms with Crippen LogP contribution in [0.1, 0.15) is 47.9 Å². The third kappa shape index (κ3) is 2.23. The van der Waals surface area contributed by atoms with Gasteiger partial charge in [0.2, 0.25) is 0 Å². The summed E-state index contributed by atoms with van der Waals surface area (Å²) in [5.74, 6) is 0. The van der Waals surface area contributed by atoms with Gasteiger partial charge in [0.15, 0.2) is 0 Å². The highest BCUT2D eigenvalue weighted by Crippen LogP contribution is 2.39. The summed E-state index contributed by atoms with van der Waals surface area (Å²) in [7, 11) is -0.678. The van der Waals surface area contributed by atoms with Gasteiger partial charge in [-0.05, 0) is 67.5 Å². The summed E-state index contributed by atoms with van der Waals surface area (Å²) in [4.78, 5) is 0. The Labute approximate surface area is 123 Å². The fourth-order valence-electron chi connectivity index (χ4n) is 3.62. The van der Waals surface area contributed by atoms with Crippen LogP contribution in [-0.2, 0) is 10.8 Å². The first-order chi connectivity index (χ1) is 9.60. The minimum atomic E-state index is -0.678. The zero-order valence-corrected chi connectivity index (χ0v) is 12.8. The van der Waals surface area contributed by atoms with E-state index in [2.05, 4.69) is 26.0 Å². The molecule has 1 fully saturated rings. The number of fused-ring (bicyclic) bond motifs is 2. The Morgan fingerprint density at radius 2 is 1.95 bits per heavy atom. The van der Waals surface area contributed by atoms with Gasteiger partial charge >= 0.3 is 0 Å². The van der Waals surface area contributed by atoms with Crippen molar-refractivity contribution in [3.05, 3.63) is 40.5 Å². The first kappa shape index (κ1) is 13.6. The van der Waals surface area contributed by atoms with Crippen LogP contribution < -0.4 is 0 Å². The Kier molecular flexibility index (Phi) is 3.52. The van der Waals surface area contributed by atoms with E-state index in [1.165, 1.54) is 28.7 Å². The lowest BCUT2D eigenvalue weighted by Gasteiger charge is -2.33. The van der Waals surface area contributed by atoms with Crippen molar-refractivity contribution < 1.29 is 4.21 Å². The molecular weight excluding hydrogens is 266 g/mol. The number of rotatable bonds is 1. The second-order valence-corrected chi connectivity index (χ2v) is 7.84. The molecule has 104 valence electrons. The molecule has 3 rings (SSSR count). The topological polar surface area (TPSA) is 40.9 Å². The molecule has 0 N–H and O–H groups in total. The van der Waals surface area contributed by atoms with E-state index in [4.69, 9.17) is 5.26 Å². The van der Waals surface area contributed by atoms with Crippen molar-refractivity contribution in [2.24, 2.45) is 0 Å². The van der Waals surface area contributed by atoms with Crippen LogP contribution in [0.3, 0.4) is 0 Å². The lowest BCUT2D eigenvalue weighted by molar-refractivity contribution is 0.579. The van der Waals surface area contributed by atoms with Crippen LogP contribution in [0.25, 0.3) is 5.57 Å². The van der Waals surface area contributed by atoms with Gasteiger partial charge in [0.05, 0.1) is 16.9 Å². The van der Waals surface area contributed by atoms with E-state index in [1.54, 1.807) is 0 Å². The number of allylic oxidation sites excluding steroid dienone is 1. The van der Waals surface area contributed by atoms with E-state index in [1.807, 2.05) is 12.1 Å². The quantitative estimate of drug-likeness (QED) is 0.790. The van der Waals surface area contributed by atoms with Crippen LogP contribution in [0, 0.1) is 25.2 Å². The van der Waals surface area contributed by atoms with Crippen molar-refractivity contribution in [2.75, 3.05) is 0 Å². The SMILES string of the molecule is Cc1cc(C#N)cc(C)c1C1=CC2CCCC(C1)S2=O. The van der Waals surface area contributed by atoms with Gasteiger partial charge in [-0.25, -0.2) is 0 Å². The summed E-state index contributed by atoms with van der Waals surface area (Å²) < 4.78 is 12.3. The monoisotopic (exact) mass is 285 g/mol. The third-order valence-electron chi connectivity index (χ3n) is 4.46. The number of nitrogens with zero attached hydrogens (tertiary/aromatic N) is 1. The highest BCUT2D eigenvalue weighted by molar-refractivity contribution is 7.86. The molecule has 3 unspecified atom stereocenters. The molecule has 2 bridgehead atoms. The maximum atomic E-state index is 12.3. The third-order valence-corrected chi connectivity index (χ3v) is 6.49. The zero-order chi connectivity index (χ0) is 14.3. The molecule has 1 aromatic rings. The van der Waals surface area contributed by atoms with Crippen LogP contribution >= 0.6 is 0 Å². The molecular formula is C17H19NOS. The van der Waals surface area contributed by atoms with Crippen molar-refractivity contribution in [3.8, 4) is 6.07 Å². The molecule has 0 amide bonds. The molecule has 2 nitrogen and oxygen atoms in total. The average molecular weight is 285 g/mol. The lowest BCUT2D eigenvalue weighted by Crippen LogP contribution is -2.33. The second kappa shape index (κ2) is 5.18. The van der Waals surface area contributed by atoms with E-state index in [9.17, 15) is 4.21 Å². The molecule has 3 heteroatoms. The van der Waals surface area contributed by atoms with E-state index in [0.29, 0.717) is 5.25 Å². The van der Waals surface area contributed by atoms with Gasteiger partial charge in [-0.3, -0.25) is 4.21 Å². The van der Waals surface area contributed by atoms with Crippen LogP contribution in [0.4, 0.5) is 0 Å². The molecule has 0 saturated carbocycles. The molecule has 0 aromatic heterocycles. The molecule has 20 heavy (non-hydrogen) atoms. The summed E-state index contributed by atoms with van der Waals surface area (Å²) >= 11 is 0. The Bertz CT molecular complexity index is 630. The lowest BCUT2D eigenvalue weighted by atomic mass is 9.87. The molecule has 1 saturated heterocycles. The predicted molar refractivity (Wildman–Crippen MR) is 82.8 cm³/mol. The van der Waals surface area contributed by atoms with Crippen molar-refractivity contribution >= 4 is 16.4 Å². The molecule has 0 aliphatic carbocycles. The first-order valence-electron chi connectivity index (χ1n) is 7.22. The Morgan fingerprint density at radius 1 is 1.25 bits per heavy atom. The van der Waals surface area contributed by atoms with E-state index >= 15 is 0 Å². The maximum Gasteiger partial charge on any atom is 0.0991 e. The zero-order valence-electron chi connectivity index (χ0n) is 12.0. The van der Waals surface area contributed by atoms with Crippen molar-refractivity contribution in [2.45, 2.75) is 50.0 Å². The fourth-order valence-corrected chi connectivity index (χ4v) is 5.55. The van der Waals surface area contributed by atoms with Gasteiger partial charge in [0.25, 0.3) is 0 Å². The van der Waals surface area contributed by atoms with Gasteiger partial charge in [0, 0.05) is 16.0 Å². The van der Waals surface area contributed by atoms with Crippen LogP contribution in [0.2, 0.25) is 0 Å². The Hall–Kier alpha value is -1.40. The van der Waals surface area contributed by atoms with Gasteiger partial charge in [0.1, 0.15) is 0 Å². The largest absolute Gasteiger partial charge is 0.259 e. The number of hydrogen-bond acceptors (Lipinski definition) is 2. The van der Waals surface area contributed by atoms with Gasteiger partial charge in [-0.15, -0.1) is 0 Å². The first-order valence-corrected chi connectivity index (χ1v) is 8.49. The summed E-state index contributed by atoms with van der Waals surface area (Å²) in [6.45, 7) is 4.15. The normalized spacial score (nSPS) is 28.6. The second-order valence-electron chi connectivity index (χ2n) is 5.91. The number of nitriles is 1. The van der Waals surface area contributed by atoms with Crippen molar-refractivity contribution in [1.29, 1.82) is 5.26 Å². The molecule has 2 heterocycles. The molecule has 2 aliphatic heterocycles. The molecule has 0 radical (unpaired) electrons. The van der Waals surface area contributed by atoms with Gasteiger partial charge < -0.3 is 0 Å². The van der Waals surface area contributed by atoms with Crippen LogP contribution in [0.15, 0.2) is 18.2 Å². The molecule has 0 spiro atoms. The van der Waals surface area contributed by atoms with Gasteiger partial charge in [-0.1, -0.05) is 12.5 Å². The average Bonchev–Trinajstić information content (AvgIpc) is 2.38. The number of benzene rings is 1. The van der Waals surface area contributed by atoms with Gasteiger partial charge in [-0.2, -0.15) is 5.26 Å². The summed E-state index contributed by atoms with van der Waals surface area (Å²) in [6, 6.07) is 6.14. The van der Waals surface area contributed by atoms with E-state index in [0.717, 1.165) is 24.8 Å². The smallest absolute Gasteiger partial charge is 0.0991 e. The summed E-state index contributed by atoms with van der Waals surface area (Å²) in [5.41, 5.74) is 5.68. The highest BCUT2D eigenvalue weighted by atomic mass is 32.2. The summed E-state index contributed by atoms with van der Waals surface area (Å²) in [5, 5.41) is 9.63. The molecule has 2 aliphatic rings. The Balaban J connectivity index is 2.06. The van der Waals surface area contributed by atoms with Crippen molar-refractivity contribution in [1.82, 2.24) is 0 Å². The maximum absolute atomic E-state index is 12.3. The summed E-state index contributed by atoms with van der Waals surface area (Å²) in [6.07, 6.45) is 6.52. The van der Waals surface area contributed by atoms with Crippen LogP contribution in [-0.4, -0.2) is 14.7 Å². The minimum Gasteiger partial charge on any atom is -0.259 e. The minimum absolute atomic E-state index is 0.243. The van der Waals surface area contributed by atoms with Crippen molar-refractivity contribution in [3.63, 3.8) is 0 Å². The fraction of sp³-hybridized carbons (Fsp3) is 0.471. The molecule has 3 atom stereocenters. The Morgan fingerprint density at radius 3 is 2.55 bits per heavy atom. The van der Waals surface area contributed by atoms with Crippen LogP contribution in [0.5, 0.6) is 0 Å². The number of aryl methyl sites for hydroxylation is 2. The predicted octanol–water partition coefficient (Wildman–Crippen LogP) is 3.63. The van der Waals surface area contributed by atoms with E-state index < -0.39 is 10.8 Å². The number of hydrogen-bond donors (Lipinski definition) is 0. The van der Waals surface area contributed by atoms with E-state index in [-0.39, 0.29) is 5.25 Å².